The van der Waals surface area contributed by atoms with Gasteiger partial charge >= 0.3 is 0 Å². The molecule has 0 saturated carbocycles. The van der Waals surface area contributed by atoms with E-state index in [2.05, 4.69) is 17.3 Å². The van der Waals surface area contributed by atoms with Gasteiger partial charge < -0.3 is 24.6 Å². The van der Waals surface area contributed by atoms with E-state index in [0.717, 1.165) is 19.5 Å². The topological polar surface area (TPSA) is 71.1 Å². The van der Waals surface area contributed by atoms with Crippen molar-refractivity contribution in [2.45, 2.75) is 18.9 Å². The second-order valence-electron chi connectivity index (χ2n) is 7.59. The van der Waals surface area contributed by atoms with Crippen LogP contribution in [0.5, 0.6) is 11.5 Å². The minimum absolute atomic E-state index is 0.0243. The molecule has 3 aliphatic rings. The first kappa shape index (κ1) is 17.1. The number of benzene rings is 1. The van der Waals surface area contributed by atoms with Crippen LogP contribution in [0.4, 0.5) is 0 Å². The first-order chi connectivity index (χ1) is 12.5. The molecule has 0 radical (unpaired) electrons. The van der Waals surface area contributed by atoms with Crippen molar-refractivity contribution < 1.29 is 19.1 Å². The lowest BCUT2D eigenvalue weighted by Crippen LogP contribution is -2.60. The zero-order chi connectivity index (χ0) is 18.3. The molecule has 3 heterocycles. The zero-order valence-corrected chi connectivity index (χ0v) is 15.3. The Labute approximate surface area is 153 Å². The van der Waals surface area contributed by atoms with Gasteiger partial charge in [0, 0.05) is 44.6 Å². The van der Waals surface area contributed by atoms with Crippen LogP contribution >= 0.6 is 0 Å². The van der Waals surface area contributed by atoms with Crippen LogP contribution in [0, 0.1) is 5.92 Å². The molecule has 0 bridgehead atoms. The van der Waals surface area contributed by atoms with Gasteiger partial charge in [-0.1, -0.05) is 0 Å². The van der Waals surface area contributed by atoms with Gasteiger partial charge in [0.2, 0.25) is 5.91 Å². The van der Waals surface area contributed by atoms with Crippen molar-refractivity contribution in [1.82, 2.24) is 15.1 Å². The molecular formula is C19H25N3O4. The molecule has 1 N–H and O–H groups in total. The minimum Gasteiger partial charge on any atom is -0.486 e. The predicted octanol–water partition coefficient (Wildman–Crippen LogP) is 0.740. The third kappa shape index (κ3) is 3.00. The summed E-state index contributed by atoms with van der Waals surface area (Å²) in [5.74, 6) is 1.48. The maximum atomic E-state index is 13.1. The lowest BCUT2D eigenvalue weighted by Gasteiger charge is -2.42. The molecule has 4 rings (SSSR count). The van der Waals surface area contributed by atoms with Gasteiger partial charge in [0.15, 0.2) is 11.5 Å². The van der Waals surface area contributed by atoms with Crippen LogP contribution in [0.3, 0.4) is 0 Å². The van der Waals surface area contributed by atoms with Gasteiger partial charge in [-0.15, -0.1) is 0 Å². The maximum absolute atomic E-state index is 13.1. The molecule has 0 unspecified atom stereocenters. The molecular weight excluding hydrogens is 334 g/mol. The number of likely N-dealkylation sites (tertiary alicyclic amines) is 2. The first-order valence-corrected chi connectivity index (χ1v) is 9.13. The highest BCUT2D eigenvalue weighted by molar-refractivity contribution is 5.95. The monoisotopic (exact) mass is 359 g/mol. The number of piperidine rings is 1. The normalized spacial score (nSPS) is 27.8. The number of rotatable bonds is 2. The fraction of sp³-hybridized carbons (Fsp3) is 0.579. The summed E-state index contributed by atoms with van der Waals surface area (Å²) in [5, 5.41) is 3.16. The Kier molecular flexibility index (Phi) is 4.26. The fourth-order valence-corrected chi connectivity index (χ4v) is 4.42. The summed E-state index contributed by atoms with van der Waals surface area (Å²) in [6, 6.07) is 5.34. The summed E-state index contributed by atoms with van der Waals surface area (Å²) >= 11 is 0. The van der Waals surface area contributed by atoms with Gasteiger partial charge in [0.1, 0.15) is 13.2 Å². The molecule has 2 atom stereocenters. The Bertz CT molecular complexity index is 737. The molecule has 26 heavy (non-hydrogen) atoms. The molecule has 1 aromatic rings. The van der Waals surface area contributed by atoms with E-state index in [-0.39, 0.29) is 23.3 Å². The molecule has 0 spiro atoms. The average Bonchev–Trinajstić information content (AvgIpc) is 2.98. The van der Waals surface area contributed by atoms with E-state index in [9.17, 15) is 9.59 Å². The Hall–Kier alpha value is -2.28. The van der Waals surface area contributed by atoms with Crippen LogP contribution in [-0.4, -0.2) is 73.6 Å². The lowest BCUT2D eigenvalue weighted by atomic mass is 9.80. The van der Waals surface area contributed by atoms with Crippen molar-refractivity contribution in [1.29, 1.82) is 0 Å². The van der Waals surface area contributed by atoms with E-state index in [0.29, 0.717) is 43.4 Å². The Balaban J connectivity index is 1.56. The van der Waals surface area contributed by atoms with Crippen LogP contribution in [0.2, 0.25) is 0 Å². The number of nitrogens with one attached hydrogen (secondary N) is 1. The van der Waals surface area contributed by atoms with Gasteiger partial charge in [0.25, 0.3) is 5.91 Å². The summed E-state index contributed by atoms with van der Waals surface area (Å²) in [7, 11) is 2.09. The quantitative estimate of drug-likeness (QED) is 0.843. The Morgan fingerprint density at radius 3 is 2.73 bits per heavy atom. The molecule has 0 aliphatic carbocycles. The number of fused-ring (bicyclic) bond motifs is 2. The van der Waals surface area contributed by atoms with E-state index in [4.69, 9.17) is 9.47 Å². The standard InChI is InChI=1S/C19H25N3O4/c1-13(23)20-19-5-6-21(2)10-15(19)11-22(12-19)18(24)14-3-4-16-17(9-14)26-8-7-25-16/h3-4,9,15H,5-8,10-12H2,1-2H3,(H,20,23)/t15-,19-/m1/s1. The van der Waals surface area contributed by atoms with Crippen LogP contribution in [-0.2, 0) is 4.79 Å². The van der Waals surface area contributed by atoms with Gasteiger partial charge in [-0.05, 0) is 31.7 Å². The van der Waals surface area contributed by atoms with Crippen molar-refractivity contribution in [2.75, 3.05) is 46.4 Å². The SMILES string of the molecule is CC(=O)N[C@@]12CCN(C)C[C@@H]1CN(C(=O)c1ccc3c(c1)OCCO3)C2. The maximum Gasteiger partial charge on any atom is 0.254 e. The lowest BCUT2D eigenvalue weighted by molar-refractivity contribution is -0.121. The smallest absolute Gasteiger partial charge is 0.254 e. The van der Waals surface area contributed by atoms with E-state index in [1.54, 1.807) is 25.1 Å². The number of amides is 2. The van der Waals surface area contributed by atoms with Crippen molar-refractivity contribution in [2.24, 2.45) is 5.92 Å². The molecule has 0 aromatic heterocycles. The van der Waals surface area contributed by atoms with Gasteiger partial charge in [-0.3, -0.25) is 9.59 Å². The van der Waals surface area contributed by atoms with Crippen LogP contribution in [0.25, 0.3) is 0 Å². The summed E-state index contributed by atoms with van der Waals surface area (Å²) in [5.41, 5.74) is 0.279. The van der Waals surface area contributed by atoms with E-state index < -0.39 is 0 Å². The average molecular weight is 359 g/mol. The predicted molar refractivity (Wildman–Crippen MR) is 95.5 cm³/mol. The molecule has 140 valence electrons. The Morgan fingerprint density at radius 2 is 1.96 bits per heavy atom. The van der Waals surface area contributed by atoms with E-state index >= 15 is 0 Å². The van der Waals surface area contributed by atoms with Gasteiger partial charge in [-0.25, -0.2) is 0 Å². The molecule has 2 saturated heterocycles. The Morgan fingerprint density at radius 1 is 1.19 bits per heavy atom. The first-order valence-electron chi connectivity index (χ1n) is 9.13. The number of carbonyl (C=O) groups is 2. The third-order valence-electron chi connectivity index (χ3n) is 5.67. The minimum atomic E-state index is -0.318. The second kappa shape index (κ2) is 6.46. The van der Waals surface area contributed by atoms with Crippen LogP contribution in [0.1, 0.15) is 23.7 Å². The molecule has 7 nitrogen and oxygen atoms in total. The van der Waals surface area contributed by atoms with Crippen molar-refractivity contribution in [3.05, 3.63) is 23.8 Å². The molecule has 2 fully saturated rings. The van der Waals surface area contributed by atoms with Crippen molar-refractivity contribution in [3.8, 4) is 11.5 Å². The number of nitrogens with zero attached hydrogens (tertiary/aromatic N) is 2. The molecule has 1 aromatic carbocycles. The van der Waals surface area contributed by atoms with Crippen molar-refractivity contribution >= 4 is 11.8 Å². The zero-order valence-electron chi connectivity index (χ0n) is 15.3. The third-order valence-corrected chi connectivity index (χ3v) is 5.67. The summed E-state index contributed by atoms with van der Waals surface area (Å²) in [4.78, 5) is 29.0. The second-order valence-corrected chi connectivity index (χ2v) is 7.59. The van der Waals surface area contributed by atoms with Crippen molar-refractivity contribution in [3.63, 3.8) is 0 Å². The van der Waals surface area contributed by atoms with Gasteiger partial charge in [-0.2, -0.15) is 0 Å². The van der Waals surface area contributed by atoms with Crippen LogP contribution in [0.15, 0.2) is 18.2 Å². The summed E-state index contributed by atoms with van der Waals surface area (Å²) < 4.78 is 11.1. The highest BCUT2D eigenvalue weighted by Crippen LogP contribution is 2.37. The van der Waals surface area contributed by atoms with Crippen LogP contribution < -0.4 is 14.8 Å². The number of hydrogen-bond donors (Lipinski definition) is 1. The fourth-order valence-electron chi connectivity index (χ4n) is 4.42. The van der Waals surface area contributed by atoms with E-state index in [1.165, 1.54) is 0 Å². The number of ether oxygens (including phenoxy) is 2. The largest absolute Gasteiger partial charge is 0.486 e. The highest BCUT2D eigenvalue weighted by Gasteiger charge is 2.50. The van der Waals surface area contributed by atoms with Gasteiger partial charge in [0.05, 0.1) is 5.54 Å². The number of hydrogen-bond acceptors (Lipinski definition) is 5. The van der Waals surface area contributed by atoms with E-state index in [1.807, 2.05) is 4.90 Å². The molecule has 7 heteroatoms. The molecule has 2 amide bonds. The number of carbonyl (C=O) groups excluding carboxylic acids is 2. The summed E-state index contributed by atoms with van der Waals surface area (Å²) in [6.07, 6.45) is 0.860. The highest BCUT2D eigenvalue weighted by atomic mass is 16.6. The molecule has 3 aliphatic heterocycles. The summed E-state index contributed by atoms with van der Waals surface area (Å²) in [6.45, 7) is 5.58.